The molecule has 0 spiro atoms. The van der Waals surface area contributed by atoms with Gasteiger partial charge >= 0.3 is 0 Å². The van der Waals surface area contributed by atoms with Crippen LogP contribution in [0.15, 0.2) is 41.3 Å². The van der Waals surface area contributed by atoms with Crippen molar-refractivity contribution >= 4 is 11.8 Å². The first-order valence-electron chi connectivity index (χ1n) is 6.01. The molecule has 0 radical (unpaired) electrons. The third-order valence-electron chi connectivity index (χ3n) is 2.68. The summed E-state index contributed by atoms with van der Waals surface area (Å²) in [6, 6.07) is 12.2. The highest BCUT2D eigenvalue weighted by Gasteiger charge is 2.13. The molecule has 0 amide bonds. The maximum absolute atomic E-state index is 5.42. The summed E-state index contributed by atoms with van der Waals surface area (Å²) in [6.07, 6.45) is 0. The van der Waals surface area contributed by atoms with Crippen molar-refractivity contribution in [3.05, 3.63) is 47.7 Å². The highest BCUT2D eigenvalue weighted by molar-refractivity contribution is 7.98. The van der Waals surface area contributed by atoms with Crippen LogP contribution in [0.4, 0.5) is 0 Å². The number of benzene rings is 1. The Bertz CT molecular complexity index is 518. The minimum absolute atomic E-state index is 0.623. The summed E-state index contributed by atoms with van der Waals surface area (Å²) in [7, 11) is 3.30. The molecule has 2 aromatic rings. The predicted molar refractivity (Wildman–Crippen MR) is 78.1 cm³/mol. The van der Waals surface area contributed by atoms with Crippen molar-refractivity contribution in [3.63, 3.8) is 0 Å². The molecule has 1 aromatic carbocycles. The SMILES string of the molecule is COc1cc(C)nc(OC)c1SCc1ccccc1. The van der Waals surface area contributed by atoms with E-state index in [-0.39, 0.29) is 0 Å². The van der Waals surface area contributed by atoms with Crippen molar-refractivity contribution in [2.75, 3.05) is 14.2 Å². The first-order chi connectivity index (χ1) is 9.24. The molecule has 100 valence electrons. The maximum Gasteiger partial charge on any atom is 0.231 e. The largest absolute Gasteiger partial charge is 0.495 e. The lowest BCUT2D eigenvalue weighted by Crippen LogP contribution is -1.97. The molecule has 2 rings (SSSR count). The average molecular weight is 275 g/mol. The summed E-state index contributed by atoms with van der Waals surface area (Å²) >= 11 is 1.67. The van der Waals surface area contributed by atoms with Crippen molar-refractivity contribution in [2.45, 2.75) is 17.6 Å². The third-order valence-corrected chi connectivity index (χ3v) is 3.82. The molecule has 0 atom stereocenters. The van der Waals surface area contributed by atoms with Crippen molar-refractivity contribution in [3.8, 4) is 11.6 Å². The highest BCUT2D eigenvalue weighted by atomic mass is 32.2. The number of aryl methyl sites for hydroxylation is 1. The van der Waals surface area contributed by atoms with Gasteiger partial charge in [-0.3, -0.25) is 0 Å². The van der Waals surface area contributed by atoms with E-state index in [2.05, 4.69) is 17.1 Å². The van der Waals surface area contributed by atoms with Gasteiger partial charge in [0.05, 0.1) is 14.2 Å². The number of ether oxygens (including phenoxy) is 2. The zero-order valence-electron chi connectivity index (χ0n) is 11.3. The second-order valence-electron chi connectivity index (χ2n) is 4.08. The van der Waals surface area contributed by atoms with E-state index in [4.69, 9.17) is 9.47 Å². The van der Waals surface area contributed by atoms with Crippen molar-refractivity contribution in [1.29, 1.82) is 0 Å². The number of rotatable bonds is 5. The number of hydrogen-bond donors (Lipinski definition) is 0. The van der Waals surface area contributed by atoms with E-state index in [1.54, 1.807) is 26.0 Å². The standard InChI is InChI=1S/C15H17NO2S/c1-11-9-13(17-2)14(15(16-11)18-3)19-10-12-7-5-4-6-8-12/h4-9H,10H2,1-3H3. The van der Waals surface area contributed by atoms with Crippen LogP contribution in [0.2, 0.25) is 0 Å². The van der Waals surface area contributed by atoms with Crippen molar-refractivity contribution in [2.24, 2.45) is 0 Å². The van der Waals surface area contributed by atoms with E-state index in [0.29, 0.717) is 5.88 Å². The smallest absolute Gasteiger partial charge is 0.231 e. The van der Waals surface area contributed by atoms with E-state index in [1.807, 2.05) is 31.2 Å². The molecule has 0 N–H and O–H groups in total. The van der Waals surface area contributed by atoms with Gasteiger partial charge in [-0.2, -0.15) is 0 Å². The summed E-state index contributed by atoms with van der Waals surface area (Å²) < 4.78 is 10.8. The molecule has 0 aliphatic carbocycles. The molecule has 0 fully saturated rings. The van der Waals surface area contributed by atoms with Crippen LogP contribution in [-0.4, -0.2) is 19.2 Å². The zero-order chi connectivity index (χ0) is 13.7. The Morgan fingerprint density at radius 1 is 1.11 bits per heavy atom. The van der Waals surface area contributed by atoms with Crippen LogP contribution in [0.3, 0.4) is 0 Å². The van der Waals surface area contributed by atoms with Crippen LogP contribution < -0.4 is 9.47 Å². The Morgan fingerprint density at radius 2 is 1.84 bits per heavy atom. The fourth-order valence-corrected chi connectivity index (χ4v) is 2.80. The Morgan fingerprint density at radius 3 is 2.47 bits per heavy atom. The molecule has 0 bridgehead atoms. The number of pyridine rings is 1. The van der Waals surface area contributed by atoms with Gasteiger partial charge in [-0.15, -0.1) is 11.8 Å². The van der Waals surface area contributed by atoms with Crippen LogP contribution in [0.1, 0.15) is 11.3 Å². The lowest BCUT2D eigenvalue weighted by molar-refractivity contribution is 0.363. The second kappa shape index (κ2) is 6.48. The highest BCUT2D eigenvalue weighted by Crippen LogP contribution is 2.38. The van der Waals surface area contributed by atoms with Crippen LogP contribution >= 0.6 is 11.8 Å². The van der Waals surface area contributed by atoms with Crippen LogP contribution in [0, 0.1) is 6.92 Å². The zero-order valence-corrected chi connectivity index (χ0v) is 12.2. The van der Waals surface area contributed by atoms with Crippen LogP contribution in [-0.2, 0) is 5.75 Å². The monoisotopic (exact) mass is 275 g/mol. The van der Waals surface area contributed by atoms with E-state index < -0.39 is 0 Å². The molecular formula is C15H17NO2S. The first-order valence-corrected chi connectivity index (χ1v) is 6.99. The lowest BCUT2D eigenvalue weighted by Gasteiger charge is -2.12. The maximum atomic E-state index is 5.42. The average Bonchev–Trinajstić information content (AvgIpc) is 2.46. The molecule has 0 aliphatic rings. The number of methoxy groups -OCH3 is 2. The van der Waals surface area contributed by atoms with Gasteiger partial charge in [0.15, 0.2) is 0 Å². The van der Waals surface area contributed by atoms with E-state index >= 15 is 0 Å². The summed E-state index contributed by atoms with van der Waals surface area (Å²) in [6.45, 7) is 1.93. The van der Waals surface area contributed by atoms with E-state index in [0.717, 1.165) is 22.1 Å². The Hall–Kier alpha value is -1.68. The molecule has 0 aliphatic heterocycles. The Labute approximate surface area is 118 Å². The minimum atomic E-state index is 0.623. The molecule has 0 saturated heterocycles. The summed E-state index contributed by atoms with van der Waals surface area (Å²) in [5.74, 6) is 2.29. The fraction of sp³-hybridized carbons (Fsp3) is 0.267. The first kappa shape index (κ1) is 13.7. The molecule has 1 heterocycles. The number of aromatic nitrogens is 1. The van der Waals surface area contributed by atoms with Gasteiger partial charge in [0.2, 0.25) is 5.88 Å². The number of hydrogen-bond acceptors (Lipinski definition) is 4. The Balaban J connectivity index is 2.23. The third kappa shape index (κ3) is 3.41. The fourth-order valence-electron chi connectivity index (χ4n) is 1.76. The molecule has 3 nitrogen and oxygen atoms in total. The number of nitrogens with zero attached hydrogens (tertiary/aromatic N) is 1. The van der Waals surface area contributed by atoms with E-state index in [9.17, 15) is 0 Å². The normalized spacial score (nSPS) is 10.3. The molecule has 1 aromatic heterocycles. The summed E-state index contributed by atoms with van der Waals surface area (Å²) in [5.41, 5.74) is 2.15. The predicted octanol–water partition coefficient (Wildman–Crippen LogP) is 3.70. The van der Waals surface area contributed by atoms with Crippen LogP contribution in [0.5, 0.6) is 11.6 Å². The van der Waals surface area contributed by atoms with Crippen molar-refractivity contribution in [1.82, 2.24) is 4.98 Å². The second-order valence-corrected chi connectivity index (χ2v) is 5.06. The quantitative estimate of drug-likeness (QED) is 0.779. The van der Waals surface area contributed by atoms with Gasteiger partial charge in [-0.1, -0.05) is 30.3 Å². The van der Waals surface area contributed by atoms with Gasteiger partial charge in [0.25, 0.3) is 0 Å². The lowest BCUT2D eigenvalue weighted by atomic mass is 10.2. The minimum Gasteiger partial charge on any atom is -0.495 e. The summed E-state index contributed by atoms with van der Waals surface area (Å²) in [5, 5.41) is 0. The van der Waals surface area contributed by atoms with Gasteiger partial charge in [0, 0.05) is 17.5 Å². The Kier molecular flexibility index (Phi) is 4.68. The summed E-state index contributed by atoms with van der Waals surface area (Å²) in [4.78, 5) is 5.33. The van der Waals surface area contributed by atoms with Gasteiger partial charge in [-0.05, 0) is 12.5 Å². The molecule has 0 unspecified atom stereocenters. The van der Waals surface area contributed by atoms with E-state index in [1.165, 1.54) is 5.56 Å². The van der Waals surface area contributed by atoms with Crippen LogP contribution in [0.25, 0.3) is 0 Å². The van der Waals surface area contributed by atoms with Gasteiger partial charge < -0.3 is 9.47 Å². The molecular weight excluding hydrogens is 258 g/mol. The van der Waals surface area contributed by atoms with Gasteiger partial charge in [-0.25, -0.2) is 4.98 Å². The van der Waals surface area contributed by atoms with Crippen molar-refractivity contribution < 1.29 is 9.47 Å². The molecule has 4 heteroatoms. The van der Waals surface area contributed by atoms with Gasteiger partial charge in [0.1, 0.15) is 10.6 Å². The molecule has 19 heavy (non-hydrogen) atoms. The number of thioether (sulfide) groups is 1. The molecule has 0 saturated carbocycles. The topological polar surface area (TPSA) is 31.4 Å².